The molecule has 16 heavy (non-hydrogen) atoms. The van der Waals surface area contributed by atoms with Crippen LogP contribution in [0.4, 0.5) is 0 Å². The van der Waals surface area contributed by atoms with E-state index in [0.717, 1.165) is 24.5 Å². The van der Waals surface area contributed by atoms with Crippen LogP contribution < -0.4 is 5.32 Å². The highest BCUT2D eigenvalue weighted by Gasteiger charge is 2.13. The topological polar surface area (TPSA) is 40.7 Å². The van der Waals surface area contributed by atoms with E-state index >= 15 is 0 Å². The molecule has 0 amide bonds. The third-order valence-corrected chi connectivity index (χ3v) is 3.38. The van der Waals surface area contributed by atoms with Crippen molar-refractivity contribution in [3.63, 3.8) is 0 Å². The summed E-state index contributed by atoms with van der Waals surface area (Å²) < 4.78 is 0. The Labute approximate surface area is 95.3 Å². The van der Waals surface area contributed by atoms with Crippen molar-refractivity contribution >= 4 is 11.0 Å². The van der Waals surface area contributed by atoms with Crippen LogP contribution in [0.1, 0.15) is 18.4 Å². The van der Waals surface area contributed by atoms with Gasteiger partial charge in [-0.25, -0.2) is 4.98 Å². The predicted molar refractivity (Wildman–Crippen MR) is 65.4 cm³/mol. The van der Waals surface area contributed by atoms with Crippen LogP contribution in [0, 0.1) is 5.92 Å². The number of aromatic amines is 1. The van der Waals surface area contributed by atoms with Gasteiger partial charge in [-0.2, -0.15) is 0 Å². The van der Waals surface area contributed by atoms with Crippen LogP contribution in [0.25, 0.3) is 11.0 Å². The minimum absolute atomic E-state index is 0.784. The van der Waals surface area contributed by atoms with Crippen molar-refractivity contribution in [2.75, 3.05) is 13.1 Å². The van der Waals surface area contributed by atoms with Crippen LogP contribution in [0.5, 0.6) is 0 Å². The van der Waals surface area contributed by atoms with E-state index < -0.39 is 0 Å². The lowest BCUT2D eigenvalue weighted by Gasteiger charge is -2.22. The highest BCUT2D eigenvalue weighted by atomic mass is 14.9. The fraction of sp³-hybridized carbons (Fsp3) is 0.462. The summed E-state index contributed by atoms with van der Waals surface area (Å²) in [4.78, 5) is 7.56. The molecule has 3 nitrogen and oxygen atoms in total. The van der Waals surface area contributed by atoms with Gasteiger partial charge in [0, 0.05) is 17.8 Å². The molecule has 1 aliphatic rings. The molecular formula is C13H17N3. The van der Waals surface area contributed by atoms with Crippen molar-refractivity contribution < 1.29 is 0 Å². The van der Waals surface area contributed by atoms with Gasteiger partial charge in [-0.1, -0.05) is 0 Å². The zero-order chi connectivity index (χ0) is 10.8. The van der Waals surface area contributed by atoms with Gasteiger partial charge < -0.3 is 10.3 Å². The lowest BCUT2D eigenvalue weighted by Crippen LogP contribution is -2.30. The molecule has 0 saturated carbocycles. The number of rotatable bonds is 2. The molecule has 1 atom stereocenters. The van der Waals surface area contributed by atoms with Crippen LogP contribution in [0.15, 0.2) is 24.5 Å². The summed E-state index contributed by atoms with van der Waals surface area (Å²) in [5.74, 6) is 0.784. The fourth-order valence-corrected chi connectivity index (χ4v) is 2.53. The Morgan fingerprint density at radius 2 is 2.44 bits per heavy atom. The Morgan fingerprint density at radius 3 is 3.31 bits per heavy atom. The lowest BCUT2D eigenvalue weighted by molar-refractivity contribution is 0.376. The molecule has 2 N–H and O–H groups in total. The monoisotopic (exact) mass is 215 g/mol. The average molecular weight is 215 g/mol. The highest BCUT2D eigenvalue weighted by Crippen LogP contribution is 2.18. The SMILES string of the molecule is c1cc2cc(CC3CCCNC3)cnc2[nH]1. The molecule has 3 heteroatoms. The number of H-pyrrole nitrogens is 1. The molecule has 3 heterocycles. The van der Waals surface area contributed by atoms with Crippen molar-refractivity contribution in [3.05, 3.63) is 30.1 Å². The summed E-state index contributed by atoms with van der Waals surface area (Å²) in [6.45, 7) is 2.34. The highest BCUT2D eigenvalue weighted by molar-refractivity contribution is 5.75. The van der Waals surface area contributed by atoms with Gasteiger partial charge in [0.05, 0.1) is 0 Å². The quantitative estimate of drug-likeness (QED) is 0.805. The third-order valence-electron chi connectivity index (χ3n) is 3.38. The number of hydrogen-bond acceptors (Lipinski definition) is 2. The second kappa shape index (κ2) is 4.26. The van der Waals surface area contributed by atoms with E-state index in [9.17, 15) is 0 Å². The van der Waals surface area contributed by atoms with Gasteiger partial charge in [0.2, 0.25) is 0 Å². The van der Waals surface area contributed by atoms with Gasteiger partial charge in [-0.15, -0.1) is 0 Å². The second-order valence-corrected chi connectivity index (χ2v) is 4.68. The molecule has 0 aromatic carbocycles. The van der Waals surface area contributed by atoms with Gasteiger partial charge in [-0.3, -0.25) is 0 Å². The second-order valence-electron chi connectivity index (χ2n) is 4.68. The van der Waals surface area contributed by atoms with E-state index in [-0.39, 0.29) is 0 Å². The first-order valence-electron chi connectivity index (χ1n) is 6.04. The summed E-state index contributed by atoms with van der Waals surface area (Å²) >= 11 is 0. The molecule has 1 saturated heterocycles. The molecule has 2 aromatic rings. The van der Waals surface area contributed by atoms with E-state index in [1.807, 2.05) is 12.4 Å². The molecule has 0 radical (unpaired) electrons. The first-order chi connectivity index (χ1) is 7.92. The Morgan fingerprint density at radius 1 is 1.44 bits per heavy atom. The summed E-state index contributed by atoms with van der Waals surface area (Å²) in [6, 6.07) is 4.35. The zero-order valence-corrected chi connectivity index (χ0v) is 9.37. The van der Waals surface area contributed by atoms with Crippen LogP contribution in [-0.2, 0) is 6.42 Å². The number of nitrogens with zero attached hydrogens (tertiary/aromatic N) is 1. The predicted octanol–water partition coefficient (Wildman–Crippen LogP) is 2.10. The van der Waals surface area contributed by atoms with E-state index in [1.165, 1.54) is 30.3 Å². The van der Waals surface area contributed by atoms with Crippen molar-refractivity contribution in [2.24, 2.45) is 5.92 Å². The number of nitrogens with one attached hydrogen (secondary N) is 2. The van der Waals surface area contributed by atoms with Crippen molar-refractivity contribution in [1.29, 1.82) is 0 Å². The Hall–Kier alpha value is -1.35. The summed E-state index contributed by atoms with van der Waals surface area (Å²) in [7, 11) is 0. The molecule has 84 valence electrons. The zero-order valence-electron chi connectivity index (χ0n) is 9.37. The average Bonchev–Trinajstić information content (AvgIpc) is 2.77. The van der Waals surface area contributed by atoms with E-state index in [4.69, 9.17) is 0 Å². The minimum atomic E-state index is 0.784. The standard InChI is InChI=1S/C13H17N3/c1-2-10(8-14-4-1)6-11-7-12-3-5-15-13(12)16-9-11/h3,5,7,9-10,14H,1-2,4,6,8H2,(H,15,16). The van der Waals surface area contributed by atoms with Gasteiger partial charge in [0.1, 0.15) is 5.65 Å². The molecule has 1 unspecified atom stereocenters. The van der Waals surface area contributed by atoms with Crippen molar-refractivity contribution in [2.45, 2.75) is 19.3 Å². The Kier molecular flexibility index (Phi) is 2.62. The number of pyridine rings is 1. The number of hydrogen-bond donors (Lipinski definition) is 2. The van der Waals surface area contributed by atoms with E-state index in [1.54, 1.807) is 0 Å². The largest absolute Gasteiger partial charge is 0.346 e. The third kappa shape index (κ3) is 1.95. The van der Waals surface area contributed by atoms with Gasteiger partial charge in [0.15, 0.2) is 0 Å². The van der Waals surface area contributed by atoms with Crippen molar-refractivity contribution in [1.82, 2.24) is 15.3 Å². The van der Waals surface area contributed by atoms with Crippen LogP contribution in [0.3, 0.4) is 0 Å². The summed E-state index contributed by atoms with van der Waals surface area (Å²) in [5.41, 5.74) is 2.35. The molecule has 0 aliphatic carbocycles. The van der Waals surface area contributed by atoms with Crippen LogP contribution >= 0.6 is 0 Å². The molecular weight excluding hydrogens is 198 g/mol. The van der Waals surface area contributed by atoms with Crippen molar-refractivity contribution in [3.8, 4) is 0 Å². The van der Waals surface area contributed by atoms with Crippen LogP contribution in [0.2, 0.25) is 0 Å². The Balaban J connectivity index is 1.77. The maximum Gasteiger partial charge on any atom is 0.137 e. The van der Waals surface area contributed by atoms with Gasteiger partial charge in [-0.05, 0) is 56.0 Å². The van der Waals surface area contributed by atoms with E-state index in [2.05, 4.69) is 27.4 Å². The molecule has 0 bridgehead atoms. The lowest BCUT2D eigenvalue weighted by atomic mass is 9.93. The van der Waals surface area contributed by atoms with Gasteiger partial charge >= 0.3 is 0 Å². The fourth-order valence-electron chi connectivity index (χ4n) is 2.53. The summed E-state index contributed by atoms with van der Waals surface area (Å²) in [6.07, 6.45) is 7.76. The Bertz CT molecular complexity index is 469. The maximum absolute atomic E-state index is 4.43. The minimum Gasteiger partial charge on any atom is -0.346 e. The smallest absolute Gasteiger partial charge is 0.137 e. The molecule has 0 spiro atoms. The molecule has 2 aromatic heterocycles. The molecule has 1 fully saturated rings. The molecule has 1 aliphatic heterocycles. The van der Waals surface area contributed by atoms with Gasteiger partial charge in [0.25, 0.3) is 0 Å². The first-order valence-corrected chi connectivity index (χ1v) is 6.04. The number of piperidine rings is 1. The summed E-state index contributed by atoms with van der Waals surface area (Å²) in [5, 5.41) is 4.68. The number of fused-ring (bicyclic) bond motifs is 1. The number of aromatic nitrogens is 2. The van der Waals surface area contributed by atoms with E-state index in [0.29, 0.717) is 0 Å². The normalized spacial score (nSPS) is 21.4. The first kappa shape index (κ1) is 9.85. The maximum atomic E-state index is 4.43. The molecule has 3 rings (SSSR count). The van der Waals surface area contributed by atoms with Crippen LogP contribution in [-0.4, -0.2) is 23.1 Å².